The van der Waals surface area contributed by atoms with Crippen molar-refractivity contribution in [2.45, 2.75) is 45.3 Å². The largest absolute Gasteiger partial charge is 0.393 e. The molecule has 1 atom stereocenters. The maximum absolute atomic E-state index is 9.36. The molecule has 1 aliphatic heterocycles. The molecule has 0 fully saturated rings. The van der Waals surface area contributed by atoms with Crippen LogP contribution in [0, 0.1) is 0 Å². The topological polar surface area (TPSA) is 32.3 Å². The molecule has 1 aromatic rings. The molecule has 2 heteroatoms. The second-order valence-corrected chi connectivity index (χ2v) is 4.72. The first kappa shape index (κ1) is 11.6. The zero-order chi connectivity index (χ0) is 11.4. The van der Waals surface area contributed by atoms with Crippen molar-refractivity contribution in [1.82, 2.24) is 5.32 Å². The van der Waals surface area contributed by atoms with Gasteiger partial charge in [0.25, 0.3) is 0 Å². The molecule has 0 spiro atoms. The Bertz CT molecular complexity index is 347. The predicted molar refractivity (Wildman–Crippen MR) is 66.5 cm³/mol. The van der Waals surface area contributed by atoms with Gasteiger partial charge in [-0.15, -0.1) is 0 Å². The maximum Gasteiger partial charge on any atom is 0.0515 e. The van der Waals surface area contributed by atoms with E-state index in [0.717, 1.165) is 25.9 Å². The number of aryl methyl sites for hydroxylation is 2. The van der Waals surface area contributed by atoms with Gasteiger partial charge in [0.1, 0.15) is 0 Å². The molecule has 1 aliphatic rings. The monoisotopic (exact) mass is 219 g/mol. The molecule has 2 nitrogen and oxygen atoms in total. The van der Waals surface area contributed by atoms with Crippen LogP contribution >= 0.6 is 0 Å². The van der Waals surface area contributed by atoms with Crippen LogP contribution in [-0.2, 0) is 19.4 Å². The van der Waals surface area contributed by atoms with Crippen molar-refractivity contribution >= 4 is 0 Å². The third-order valence-electron chi connectivity index (χ3n) is 3.30. The summed E-state index contributed by atoms with van der Waals surface area (Å²) in [5.41, 5.74) is 4.38. The average Bonchev–Trinajstić information content (AvgIpc) is 2.51. The van der Waals surface area contributed by atoms with E-state index in [1.165, 1.54) is 29.5 Å². The van der Waals surface area contributed by atoms with Crippen LogP contribution in [0.3, 0.4) is 0 Å². The van der Waals surface area contributed by atoms with E-state index in [0.29, 0.717) is 0 Å². The molecule has 0 aromatic heterocycles. The van der Waals surface area contributed by atoms with Gasteiger partial charge in [0.15, 0.2) is 0 Å². The fourth-order valence-corrected chi connectivity index (χ4v) is 2.36. The Hall–Kier alpha value is -0.860. The summed E-state index contributed by atoms with van der Waals surface area (Å²) in [6.45, 7) is 3.97. The molecule has 2 N–H and O–H groups in total. The van der Waals surface area contributed by atoms with Crippen molar-refractivity contribution in [3.05, 3.63) is 34.9 Å². The lowest BCUT2D eigenvalue weighted by molar-refractivity contribution is 0.185. The number of rotatable bonds is 3. The summed E-state index contributed by atoms with van der Waals surface area (Å²) in [5.74, 6) is 0. The van der Waals surface area contributed by atoms with Crippen molar-refractivity contribution < 1.29 is 5.11 Å². The molecule has 2 rings (SSSR count). The van der Waals surface area contributed by atoms with Gasteiger partial charge < -0.3 is 10.4 Å². The highest BCUT2D eigenvalue weighted by Crippen LogP contribution is 2.20. The molecule has 1 heterocycles. The summed E-state index contributed by atoms with van der Waals surface area (Å²) < 4.78 is 0. The highest BCUT2D eigenvalue weighted by Gasteiger charge is 2.11. The van der Waals surface area contributed by atoms with Gasteiger partial charge >= 0.3 is 0 Å². The van der Waals surface area contributed by atoms with Crippen LogP contribution in [0.25, 0.3) is 0 Å². The number of hydrogen-bond donors (Lipinski definition) is 2. The van der Waals surface area contributed by atoms with Crippen molar-refractivity contribution in [2.24, 2.45) is 0 Å². The summed E-state index contributed by atoms with van der Waals surface area (Å²) in [7, 11) is 0. The van der Waals surface area contributed by atoms with Crippen LogP contribution in [0.4, 0.5) is 0 Å². The molecule has 0 bridgehead atoms. The lowest BCUT2D eigenvalue weighted by Gasteiger charge is -2.13. The van der Waals surface area contributed by atoms with Crippen LogP contribution < -0.4 is 5.32 Å². The van der Waals surface area contributed by atoms with E-state index in [-0.39, 0.29) is 6.10 Å². The third-order valence-corrected chi connectivity index (χ3v) is 3.30. The first-order chi connectivity index (χ1) is 7.77. The van der Waals surface area contributed by atoms with Gasteiger partial charge in [0.05, 0.1) is 6.10 Å². The molecular weight excluding hydrogens is 198 g/mol. The summed E-state index contributed by atoms with van der Waals surface area (Å²) in [6.07, 6.45) is 4.06. The molecule has 88 valence electrons. The Morgan fingerprint density at radius 3 is 3.12 bits per heavy atom. The van der Waals surface area contributed by atoms with Gasteiger partial charge in [-0.1, -0.05) is 18.2 Å². The Kier molecular flexibility index (Phi) is 3.97. The molecule has 16 heavy (non-hydrogen) atoms. The number of fused-ring (bicyclic) bond motifs is 1. The summed E-state index contributed by atoms with van der Waals surface area (Å²) >= 11 is 0. The lowest BCUT2D eigenvalue weighted by atomic mass is 9.95. The minimum absolute atomic E-state index is 0.199. The molecule has 0 saturated carbocycles. The quantitative estimate of drug-likeness (QED) is 0.815. The van der Waals surface area contributed by atoms with E-state index in [2.05, 4.69) is 23.5 Å². The Labute approximate surface area is 97.7 Å². The van der Waals surface area contributed by atoms with Crippen LogP contribution in [0.2, 0.25) is 0 Å². The van der Waals surface area contributed by atoms with E-state index in [4.69, 9.17) is 0 Å². The van der Waals surface area contributed by atoms with Gasteiger partial charge in [-0.2, -0.15) is 0 Å². The maximum atomic E-state index is 9.36. The van der Waals surface area contributed by atoms with Gasteiger partial charge in [0, 0.05) is 6.54 Å². The Morgan fingerprint density at radius 2 is 2.31 bits per heavy atom. The van der Waals surface area contributed by atoms with Crippen molar-refractivity contribution in [3.63, 3.8) is 0 Å². The van der Waals surface area contributed by atoms with Crippen LogP contribution in [0.1, 0.15) is 36.5 Å². The standard InChI is InChI=1S/C14H21NO/c1-11(16)7-8-13-5-2-4-12-6-3-9-15-10-14(12)13/h2,4-5,11,15-16H,3,6-10H2,1H3. The smallest absolute Gasteiger partial charge is 0.0515 e. The normalized spacial score (nSPS) is 17.6. The van der Waals surface area contributed by atoms with Crippen LogP contribution in [0.5, 0.6) is 0 Å². The zero-order valence-electron chi connectivity index (χ0n) is 10.00. The first-order valence-corrected chi connectivity index (χ1v) is 6.26. The van der Waals surface area contributed by atoms with E-state index in [9.17, 15) is 5.11 Å². The fraction of sp³-hybridized carbons (Fsp3) is 0.571. The molecule has 0 saturated heterocycles. The SMILES string of the molecule is CC(O)CCc1cccc2c1CNCCC2. The zero-order valence-corrected chi connectivity index (χ0v) is 10.00. The predicted octanol–water partition coefficient (Wildman–Crippen LogP) is 2.04. The van der Waals surface area contributed by atoms with Gasteiger partial charge in [0.2, 0.25) is 0 Å². The number of aliphatic hydroxyl groups is 1. The van der Waals surface area contributed by atoms with Crippen LogP contribution in [0.15, 0.2) is 18.2 Å². The first-order valence-electron chi connectivity index (χ1n) is 6.26. The molecule has 1 unspecified atom stereocenters. The molecule has 0 aliphatic carbocycles. The summed E-state index contributed by atoms with van der Waals surface area (Å²) in [4.78, 5) is 0. The van der Waals surface area contributed by atoms with E-state index >= 15 is 0 Å². The highest BCUT2D eigenvalue weighted by molar-refractivity contribution is 5.36. The lowest BCUT2D eigenvalue weighted by Crippen LogP contribution is -2.14. The second-order valence-electron chi connectivity index (χ2n) is 4.72. The average molecular weight is 219 g/mol. The Morgan fingerprint density at radius 1 is 1.44 bits per heavy atom. The van der Waals surface area contributed by atoms with Crippen molar-refractivity contribution in [1.29, 1.82) is 0 Å². The van der Waals surface area contributed by atoms with E-state index in [1.54, 1.807) is 0 Å². The summed E-state index contributed by atoms with van der Waals surface area (Å²) in [5, 5.41) is 12.8. The third kappa shape index (κ3) is 2.83. The van der Waals surface area contributed by atoms with Gasteiger partial charge in [-0.3, -0.25) is 0 Å². The van der Waals surface area contributed by atoms with Crippen molar-refractivity contribution in [3.8, 4) is 0 Å². The Balaban J connectivity index is 2.17. The molecular formula is C14H21NO. The molecule has 1 aromatic carbocycles. The van der Waals surface area contributed by atoms with Gasteiger partial charge in [-0.05, 0) is 55.8 Å². The minimum Gasteiger partial charge on any atom is -0.393 e. The molecule has 0 amide bonds. The number of nitrogens with one attached hydrogen (secondary N) is 1. The highest BCUT2D eigenvalue weighted by atomic mass is 16.3. The number of hydrogen-bond acceptors (Lipinski definition) is 2. The van der Waals surface area contributed by atoms with E-state index in [1.807, 2.05) is 6.92 Å². The fourth-order valence-electron chi connectivity index (χ4n) is 2.36. The minimum atomic E-state index is -0.199. The number of benzene rings is 1. The molecule has 0 radical (unpaired) electrons. The van der Waals surface area contributed by atoms with Crippen LogP contribution in [-0.4, -0.2) is 17.8 Å². The number of aliphatic hydroxyl groups excluding tert-OH is 1. The summed E-state index contributed by atoms with van der Waals surface area (Å²) in [6, 6.07) is 6.60. The van der Waals surface area contributed by atoms with E-state index < -0.39 is 0 Å². The van der Waals surface area contributed by atoms with Gasteiger partial charge in [-0.25, -0.2) is 0 Å². The van der Waals surface area contributed by atoms with Crippen molar-refractivity contribution in [2.75, 3.05) is 6.54 Å². The second kappa shape index (κ2) is 5.46.